The summed E-state index contributed by atoms with van der Waals surface area (Å²) >= 11 is 0. The summed E-state index contributed by atoms with van der Waals surface area (Å²) < 4.78 is 43.9. The summed E-state index contributed by atoms with van der Waals surface area (Å²) in [6.45, 7) is 12.5. The summed E-state index contributed by atoms with van der Waals surface area (Å²) in [6.07, 6.45) is 19.3. The third-order valence-electron chi connectivity index (χ3n) is 6.72. The Morgan fingerprint density at radius 2 is 0.714 bits per heavy atom. The predicted octanol–water partition coefficient (Wildman–Crippen LogP) is 5.98. The molecule has 1 atom stereocenters. The number of hydrogen-bond acceptors (Lipinski definition) is 9. The third-order valence-corrected chi connectivity index (χ3v) is 6.72. The maximum Gasteiger partial charge on any atom is 0.0781 e. The topological polar surface area (TPSA) is 94.1 Å². The van der Waals surface area contributed by atoms with Crippen LogP contribution >= 0.6 is 0 Å². The largest absolute Gasteiger partial charge is 0.394 e. The normalized spacial score (nSPS) is 12.4. The number of ether oxygens (including phenoxy) is 8. The maximum absolute atomic E-state index is 8.58. The second-order valence-electron chi connectivity index (χ2n) is 10.8. The Hall–Kier alpha value is -0.360. The van der Waals surface area contributed by atoms with Gasteiger partial charge in [-0.3, -0.25) is 0 Å². The van der Waals surface area contributed by atoms with Gasteiger partial charge in [-0.05, 0) is 13.3 Å². The van der Waals surface area contributed by atoms with Gasteiger partial charge in [0.15, 0.2) is 0 Å². The molecule has 0 saturated heterocycles. The van der Waals surface area contributed by atoms with Crippen LogP contribution in [-0.4, -0.2) is 117 Å². The van der Waals surface area contributed by atoms with Crippen LogP contribution in [0.5, 0.6) is 0 Å². The molecule has 0 radical (unpaired) electrons. The first-order chi connectivity index (χ1) is 20.8. The molecule has 9 heteroatoms. The molecule has 0 amide bonds. The number of rotatable bonds is 38. The summed E-state index contributed by atoms with van der Waals surface area (Å²) in [5.41, 5.74) is 0. The lowest BCUT2D eigenvalue weighted by Gasteiger charge is -2.13. The Kier molecular flexibility index (Phi) is 38.3. The summed E-state index contributed by atoms with van der Waals surface area (Å²) in [5.74, 6) is 0. The minimum atomic E-state index is 0.0347. The smallest absolute Gasteiger partial charge is 0.0781 e. The highest BCUT2D eigenvalue weighted by Crippen LogP contribution is 2.13. The van der Waals surface area contributed by atoms with Crippen LogP contribution in [-0.2, 0) is 37.9 Å². The van der Waals surface area contributed by atoms with Gasteiger partial charge in [-0.2, -0.15) is 0 Å². The van der Waals surface area contributed by atoms with Crippen LogP contribution in [0, 0.1) is 0 Å². The van der Waals surface area contributed by atoms with E-state index in [-0.39, 0.29) is 12.7 Å². The summed E-state index contributed by atoms with van der Waals surface area (Å²) in [4.78, 5) is 0. The molecule has 0 heterocycles. The molecule has 254 valence electrons. The number of unbranched alkanes of at least 4 members (excludes halogenated alkanes) is 13. The lowest BCUT2D eigenvalue weighted by molar-refractivity contribution is -0.0414. The van der Waals surface area contributed by atoms with Gasteiger partial charge in [0.05, 0.1) is 105 Å². The van der Waals surface area contributed by atoms with Crippen LogP contribution in [0.15, 0.2) is 0 Å². The van der Waals surface area contributed by atoms with Crippen molar-refractivity contribution in [2.24, 2.45) is 0 Å². The second kappa shape index (κ2) is 38.7. The Bertz CT molecular complexity index is 471. The molecule has 42 heavy (non-hydrogen) atoms. The average Bonchev–Trinajstić information content (AvgIpc) is 3.00. The monoisotopic (exact) mass is 608 g/mol. The zero-order valence-electron chi connectivity index (χ0n) is 27.5. The number of aliphatic hydroxyl groups is 1. The Morgan fingerprint density at radius 1 is 0.381 bits per heavy atom. The predicted molar refractivity (Wildman–Crippen MR) is 169 cm³/mol. The fourth-order valence-corrected chi connectivity index (χ4v) is 4.27. The SMILES string of the molecule is CCCCCCCCCCCCCCCCOCC(C)OCCOCCOCCOCCOCCOCCOCCO. The van der Waals surface area contributed by atoms with E-state index in [4.69, 9.17) is 43.0 Å². The highest BCUT2D eigenvalue weighted by Gasteiger charge is 2.02. The molecular formula is C33H68O9. The van der Waals surface area contributed by atoms with Crippen molar-refractivity contribution < 1.29 is 43.0 Å². The van der Waals surface area contributed by atoms with Crippen molar-refractivity contribution in [3.8, 4) is 0 Å². The zero-order valence-corrected chi connectivity index (χ0v) is 27.5. The van der Waals surface area contributed by atoms with E-state index in [0.29, 0.717) is 92.5 Å². The van der Waals surface area contributed by atoms with E-state index in [1.165, 1.54) is 83.5 Å². The van der Waals surface area contributed by atoms with Crippen molar-refractivity contribution in [1.82, 2.24) is 0 Å². The molecule has 0 aromatic rings. The van der Waals surface area contributed by atoms with E-state index >= 15 is 0 Å². The van der Waals surface area contributed by atoms with Gasteiger partial charge in [0.1, 0.15) is 0 Å². The first kappa shape index (κ1) is 41.6. The zero-order chi connectivity index (χ0) is 30.4. The molecule has 0 saturated carbocycles. The molecule has 9 nitrogen and oxygen atoms in total. The van der Waals surface area contributed by atoms with Crippen molar-refractivity contribution in [2.75, 3.05) is 106 Å². The van der Waals surface area contributed by atoms with Crippen LogP contribution in [0.25, 0.3) is 0 Å². The van der Waals surface area contributed by atoms with Gasteiger partial charge in [0, 0.05) is 6.61 Å². The molecule has 1 unspecified atom stereocenters. The highest BCUT2D eigenvalue weighted by atomic mass is 16.6. The molecule has 0 aromatic heterocycles. The molecular weight excluding hydrogens is 540 g/mol. The molecule has 0 bridgehead atoms. The summed E-state index contributed by atoms with van der Waals surface area (Å²) in [5, 5.41) is 8.58. The third kappa shape index (κ3) is 37.7. The summed E-state index contributed by atoms with van der Waals surface area (Å²) in [7, 11) is 0. The standard InChI is InChI=1S/C33H68O9/c1-3-4-5-6-7-8-9-10-11-12-13-14-15-16-18-41-32-33(2)42-31-30-40-29-28-39-27-26-38-25-24-37-23-22-36-21-20-35-19-17-34/h33-34H,3-32H2,1-2H3. The minimum Gasteiger partial charge on any atom is -0.394 e. The van der Waals surface area contributed by atoms with Crippen LogP contribution in [0.4, 0.5) is 0 Å². The summed E-state index contributed by atoms with van der Waals surface area (Å²) in [6, 6.07) is 0. The highest BCUT2D eigenvalue weighted by molar-refractivity contribution is 4.51. The minimum absolute atomic E-state index is 0.0347. The van der Waals surface area contributed by atoms with E-state index in [1.807, 2.05) is 6.92 Å². The van der Waals surface area contributed by atoms with Gasteiger partial charge in [0.25, 0.3) is 0 Å². The van der Waals surface area contributed by atoms with Gasteiger partial charge < -0.3 is 43.0 Å². The first-order valence-corrected chi connectivity index (χ1v) is 17.1. The van der Waals surface area contributed by atoms with E-state index in [9.17, 15) is 0 Å². The van der Waals surface area contributed by atoms with Crippen molar-refractivity contribution in [2.45, 2.75) is 110 Å². The first-order valence-electron chi connectivity index (χ1n) is 17.1. The Balaban J connectivity index is 3.13. The molecule has 0 aliphatic heterocycles. The molecule has 1 N–H and O–H groups in total. The molecule has 0 fully saturated rings. The molecule has 0 aromatic carbocycles. The maximum atomic E-state index is 8.58. The van der Waals surface area contributed by atoms with Crippen molar-refractivity contribution >= 4 is 0 Å². The Morgan fingerprint density at radius 3 is 1.10 bits per heavy atom. The Labute approximate surface area is 258 Å². The fourth-order valence-electron chi connectivity index (χ4n) is 4.27. The van der Waals surface area contributed by atoms with Crippen LogP contribution in [0.3, 0.4) is 0 Å². The molecule has 0 aliphatic carbocycles. The van der Waals surface area contributed by atoms with Crippen LogP contribution in [0.1, 0.15) is 104 Å². The van der Waals surface area contributed by atoms with Crippen molar-refractivity contribution in [1.29, 1.82) is 0 Å². The van der Waals surface area contributed by atoms with Crippen molar-refractivity contribution in [3.05, 3.63) is 0 Å². The molecule has 0 aliphatic rings. The molecule has 0 spiro atoms. The number of hydrogen-bond donors (Lipinski definition) is 1. The van der Waals surface area contributed by atoms with Gasteiger partial charge in [-0.15, -0.1) is 0 Å². The quantitative estimate of drug-likeness (QED) is 0.0850. The van der Waals surface area contributed by atoms with Gasteiger partial charge in [-0.25, -0.2) is 0 Å². The lowest BCUT2D eigenvalue weighted by atomic mass is 10.0. The van der Waals surface area contributed by atoms with Crippen LogP contribution in [0.2, 0.25) is 0 Å². The van der Waals surface area contributed by atoms with E-state index in [2.05, 4.69) is 6.92 Å². The van der Waals surface area contributed by atoms with Gasteiger partial charge in [-0.1, -0.05) is 90.4 Å². The van der Waals surface area contributed by atoms with Gasteiger partial charge >= 0.3 is 0 Å². The van der Waals surface area contributed by atoms with E-state index < -0.39 is 0 Å². The van der Waals surface area contributed by atoms with E-state index in [0.717, 1.165) is 13.0 Å². The van der Waals surface area contributed by atoms with Crippen molar-refractivity contribution in [3.63, 3.8) is 0 Å². The van der Waals surface area contributed by atoms with Gasteiger partial charge in [0.2, 0.25) is 0 Å². The van der Waals surface area contributed by atoms with Crippen LogP contribution < -0.4 is 0 Å². The van der Waals surface area contributed by atoms with E-state index in [1.54, 1.807) is 0 Å². The lowest BCUT2D eigenvalue weighted by Crippen LogP contribution is -2.19. The fraction of sp³-hybridized carbons (Fsp3) is 1.00. The number of aliphatic hydroxyl groups excluding tert-OH is 1. The second-order valence-corrected chi connectivity index (χ2v) is 10.8. The molecule has 0 rings (SSSR count). The average molecular weight is 609 g/mol.